The molecule has 0 spiro atoms. The molecule has 94 valence electrons. The summed E-state index contributed by atoms with van der Waals surface area (Å²) in [7, 11) is 0. The van der Waals surface area contributed by atoms with Crippen LogP contribution in [0.15, 0.2) is 0 Å². The molecule has 1 rings (SSSR count). The number of aliphatic carboxylic acids is 4. The van der Waals surface area contributed by atoms with Gasteiger partial charge in [0.2, 0.25) is 0 Å². The van der Waals surface area contributed by atoms with Crippen molar-refractivity contribution < 1.29 is 245 Å². The molecular formula is C9H6K4O8. The fourth-order valence-corrected chi connectivity index (χ4v) is 2.17. The van der Waals surface area contributed by atoms with E-state index < -0.39 is 54.0 Å². The summed E-state index contributed by atoms with van der Waals surface area (Å²) in [5.74, 6) is -15.1. The summed E-state index contributed by atoms with van der Waals surface area (Å²) in [6, 6.07) is 0. The number of carbonyl (C=O) groups excluding carboxylic acids is 4. The van der Waals surface area contributed by atoms with Crippen LogP contribution in [0, 0.1) is 23.7 Å². The second kappa shape index (κ2) is 15.5. The Hall–Kier alpha value is 4.43. The summed E-state index contributed by atoms with van der Waals surface area (Å²) in [4.78, 5) is 42.6. The third kappa shape index (κ3) is 9.26. The first-order valence-electron chi connectivity index (χ1n) is 4.60. The molecule has 0 aliphatic heterocycles. The third-order valence-corrected chi connectivity index (χ3v) is 2.91. The predicted molar refractivity (Wildman–Crippen MR) is 38.6 cm³/mol. The Kier molecular flexibility index (Phi) is 24.4. The van der Waals surface area contributed by atoms with E-state index in [1.807, 2.05) is 0 Å². The van der Waals surface area contributed by atoms with Crippen molar-refractivity contribution in [1.82, 2.24) is 0 Å². The monoisotopic (exact) mass is 398 g/mol. The van der Waals surface area contributed by atoms with E-state index in [1.165, 1.54) is 0 Å². The SMILES string of the molecule is O=C([O-])C1CC(C(=O)[O-])C(C(=O)[O-])C1C(=O)[O-].[K+].[K+].[K+].[K+]. The zero-order chi connectivity index (χ0) is 13.3. The van der Waals surface area contributed by atoms with Gasteiger partial charge in [-0.15, -0.1) is 0 Å². The van der Waals surface area contributed by atoms with E-state index in [4.69, 9.17) is 0 Å². The molecule has 0 bridgehead atoms. The van der Waals surface area contributed by atoms with E-state index in [-0.39, 0.29) is 206 Å². The summed E-state index contributed by atoms with van der Waals surface area (Å²) >= 11 is 0. The average molecular weight is 399 g/mol. The van der Waals surface area contributed by atoms with Crippen molar-refractivity contribution in [1.29, 1.82) is 0 Å². The van der Waals surface area contributed by atoms with Crippen molar-refractivity contribution in [3.05, 3.63) is 0 Å². The van der Waals surface area contributed by atoms with E-state index in [1.54, 1.807) is 0 Å². The van der Waals surface area contributed by atoms with Gasteiger partial charge >= 0.3 is 206 Å². The standard InChI is InChI=1S/C9H10O8.4K/c10-6(11)2-1-3(7(12)13)5(9(16)17)4(2)8(14)15;;;;/h2-5H,1H2,(H,10,11)(H,12,13)(H,14,15)(H,16,17);;;;/q;4*+1/p-4. The van der Waals surface area contributed by atoms with Gasteiger partial charge in [0.15, 0.2) is 0 Å². The van der Waals surface area contributed by atoms with Gasteiger partial charge in [-0.3, -0.25) is 0 Å². The summed E-state index contributed by atoms with van der Waals surface area (Å²) in [6.45, 7) is 0. The van der Waals surface area contributed by atoms with Gasteiger partial charge in [-0.1, -0.05) is 0 Å². The van der Waals surface area contributed by atoms with Crippen LogP contribution in [0.25, 0.3) is 0 Å². The molecule has 8 nitrogen and oxygen atoms in total. The van der Waals surface area contributed by atoms with Crippen LogP contribution in [0.3, 0.4) is 0 Å². The van der Waals surface area contributed by atoms with Crippen molar-refractivity contribution in [2.75, 3.05) is 0 Å². The Balaban J connectivity index is -0.000000361. The van der Waals surface area contributed by atoms with E-state index in [0.717, 1.165) is 0 Å². The Bertz CT molecular complexity index is 365. The molecule has 0 saturated heterocycles. The Morgan fingerprint density at radius 2 is 0.810 bits per heavy atom. The summed E-state index contributed by atoms with van der Waals surface area (Å²) in [6.07, 6.45) is -0.692. The molecule has 1 aliphatic carbocycles. The number of hydrogen-bond acceptors (Lipinski definition) is 8. The second-order valence-electron chi connectivity index (χ2n) is 3.78. The quantitative estimate of drug-likeness (QED) is 0.422. The van der Waals surface area contributed by atoms with Gasteiger partial charge in [0.25, 0.3) is 0 Å². The molecule has 0 radical (unpaired) electrons. The molecule has 1 fully saturated rings. The second-order valence-corrected chi connectivity index (χ2v) is 3.78. The number of carboxylic acids is 4. The molecule has 12 heteroatoms. The van der Waals surface area contributed by atoms with Crippen molar-refractivity contribution in [3.63, 3.8) is 0 Å². The fraction of sp³-hybridized carbons (Fsp3) is 0.556. The average Bonchev–Trinajstić information content (AvgIpc) is 2.56. The molecule has 0 heterocycles. The molecule has 4 atom stereocenters. The van der Waals surface area contributed by atoms with E-state index in [2.05, 4.69) is 0 Å². The molecule has 1 aliphatic rings. The minimum Gasteiger partial charge on any atom is -0.550 e. The Morgan fingerprint density at radius 3 is 0.952 bits per heavy atom. The van der Waals surface area contributed by atoms with Crippen LogP contribution in [-0.4, -0.2) is 23.9 Å². The summed E-state index contributed by atoms with van der Waals surface area (Å²) in [5.41, 5.74) is 0. The van der Waals surface area contributed by atoms with Crippen LogP contribution >= 0.6 is 0 Å². The van der Waals surface area contributed by atoms with E-state index in [9.17, 15) is 39.6 Å². The zero-order valence-corrected chi connectivity index (χ0v) is 24.8. The Labute approximate surface area is 290 Å². The molecule has 1 saturated carbocycles. The fourth-order valence-electron chi connectivity index (χ4n) is 2.17. The first-order valence-corrected chi connectivity index (χ1v) is 4.60. The van der Waals surface area contributed by atoms with Crippen molar-refractivity contribution in [2.45, 2.75) is 6.42 Å². The van der Waals surface area contributed by atoms with Crippen molar-refractivity contribution in [2.24, 2.45) is 23.7 Å². The maximum Gasteiger partial charge on any atom is 1.00 e. The Morgan fingerprint density at radius 1 is 0.571 bits per heavy atom. The molecule has 0 aromatic carbocycles. The maximum atomic E-state index is 10.7. The van der Waals surface area contributed by atoms with Crippen molar-refractivity contribution in [3.8, 4) is 0 Å². The van der Waals surface area contributed by atoms with Crippen LogP contribution in [0.2, 0.25) is 0 Å². The summed E-state index contributed by atoms with van der Waals surface area (Å²) in [5, 5.41) is 42.6. The number of carboxylic acid groups (broad SMARTS) is 4. The molecule has 0 aromatic rings. The zero-order valence-electron chi connectivity index (χ0n) is 12.3. The largest absolute Gasteiger partial charge is 1.00 e. The van der Waals surface area contributed by atoms with Gasteiger partial charge in [0.05, 0.1) is 0 Å². The summed E-state index contributed by atoms with van der Waals surface area (Å²) < 4.78 is 0. The molecule has 0 amide bonds. The molecular weight excluding hydrogens is 392 g/mol. The molecule has 21 heavy (non-hydrogen) atoms. The van der Waals surface area contributed by atoms with Gasteiger partial charge in [-0.2, -0.15) is 0 Å². The number of hydrogen-bond donors (Lipinski definition) is 0. The first-order chi connectivity index (χ1) is 7.77. The normalized spacial score (nSPS) is 25.9. The van der Waals surface area contributed by atoms with Gasteiger partial charge < -0.3 is 39.6 Å². The van der Waals surface area contributed by atoms with Crippen molar-refractivity contribution >= 4 is 23.9 Å². The van der Waals surface area contributed by atoms with Crippen LogP contribution < -0.4 is 226 Å². The van der Waals surface area contributed by atoms with Crippen LogP contribution in [-0.2, 0) is 19.2 Å². The molecule has 4 unspecified atom stereocenters. The van der Waals surface area contributed by atoms with Gasteiger partial charge in [0.1, 0.15) is 0 Å². The van der Waals surface area contributed by atoms with E-state index in [0.29, 0.717) is 0 Å². The topological polar surface area (TPSA) is 161 Å². The van der Waals surface area contributed by atoms with Crippen LogP contribution in [0.5, 0.6) is 0 Å². The smallest absolute Gasteiger partial charge is 0.550 e. The first kappa shape index (κ1) is 33.0. The number of rotatable bonds is 4. The van der Waals surface area contributed by atoms with Crippen LogP contribution in [0.4, 0.5) is 0 Å². The number of carbonyl (C=O) groups is 4. The van der Waals surface area contributed by atoms with Gasteiger partial charge in [0, 0.05) is 47.5 Å². The predicted octanol–water partition coefficient (Wildman–Crippen LogP) is -18.1. The minimum atomic E-state index is -1.99. The maximum absolute atomic E-state index is 10.7. The molecule has 0 N–H and O–H groups in total. The molecule has 0 aromatic heterocycles. The van der Waals surface area contributed by atoms with E-state index >= 15 is 0 Å². The third-order valence-electron chi connectivity index (χ3n) is 2.91. The minimum absolute atomic E-state index is 0. The van der Waals surface area contributed by atoms with Gasteiger partial charge in [-0.05, 0) is 6.42 Å². The van der Waals surface area contributed by atoms with Crippen LogP contribution in [0.1, 0.15) is 6.42 Å². The van der Waals surface area contributed by atoms with Gasteiger partial charge in [-0.25, -0.2) is 0 Å².